The molecule has 0 aliphatic heterocycles. The maximum absolute atomic E-state index is 13.0. The Morgan fingerprint density at radius 3 is 2.39 bits per heavy atom. The summed E-state index contributed by atoms with van der Waals surface area (Å²) in [5.41, 5.74) is 2.08. The van der Waals surface area contributed by atoms with Crippen molar-refractivity contribution in [3.05, 3.63) is 119 Å². The SMILES string of the molecule is CO[N+](=O)c1cc(C(=O)Nc2cccc(C(=O)NS(=O)c3ccccc3)c2)ccc1NCc1ccccn1. The van der Waals surface area contributed by atoms with Crippen molar-refractivity contribution in [1.29, 1.82) is 0 Å². The highest BCUT2D eigenvalue weighted by molar-refractivity contribution is 7.83. The first-order valence-corrected chi connectivity index (χ1v) is 12.6. The molecular formula is C27H24N5O5S+. The van der Waals surface area contributed by atoms with Gasteiger partial charge in [0.25, 0.3) is 16.7 Å². The second-order valence-corrected chi connectivity index (χ2v) is 9.11. The third kappa shape index (κ3) is 6.65. The predicted octanol–water partition coefficient (Wildman–Crippen LogP) is 4.37. The number of aromatic nitrogens is 1. The summed E-state index contributed by atoms with van der Waals surface area (Å²) in [4.78, 5) is 47.7. The molecule has 0 saturated heterocycles. The van der Waals surface area contributed by atoms with E-state index >= 15 is 0 Å². The molecule has 3 aromatic carbocycles. The summed E-state index contributed by atoms with van der Waals surface area (Å²) in [6.07, 6.45) is 1.67. The Balaban J connectivity index is 1.46. The molecule has 1 atom stereocenters. The van der Waals surface area contributed by atoms with Gasteiger partial charge in [-0.15, -0.1) is 0 Å². The van der Waals surface area contributed by atoms with E-state index in [0.717, 1.165) is 5.69 Å². The van der Waals surface area contributed by atoms with Gasteiger partial charge in [0.05, 0.1) is 22.0 Å². The van der Waals surface area contributed by atoms with Crippen LogP contribution in [0.1, 0.15) is 26.4 Å². The molecule has 0 spiro atoms. The minimum atomic E-state index is -1.73. The fraction of sp³-hybridized carbons (Fsp3) is 0.0741. The lowest BCUT2D eigenvalue weighted by atomic mass is 10.1. The smallest absolute Gasteiger partial charge is 0.340 e. The van der Waals surface area contributed by atoms with Gasteiger partial charge >= 0.3 is 5.69 Å². The van der Waals surface area contributed by atoms with E-state index in [1.165, 1.54) is 19.2 Å². The average molecular weight is 531 g/mol. The maximum atomic E-state index is 13.0. The lowest BCUT2D eigenvalue weighted by molar-refractivity contribution is -0.736. The van der Waals surface area contributed by atoms with E-state index in [-0.39, 0.29) is 16.8 Å². The second kappa shape index (κ2) is 12.4. The molecule has 1 aromatic heterocycles. The summed E-state index contributed by atoms with van der Waals surface area (Å²) in [5, 5.41) is 5.84. The monoisotopic (exact) mass is 530 g/mol. The van der Waals surface area contributed by atoms with Crippen molar-refractivity contribution < 1.29 is 23.6 Å². The van der Waals surface area contributed by atoms with Crippen LogP contribution in [0, 0.1) is 4.91 Å². The fourth-order valence-corrected chi connectivity index (χ4v) is 4.26. The minimum Gasteiger partial charge on any atom is -0.374 e. The molecule has 0 saturated carbocycles. The molecule has 192 valence electrons. The Kier molecular flexibility index (Phi) is 8.52. The van der Waals surface area contributed by atoms with Crippen molar-refractivity contribution in [3.8, 4) is 0 Å². The number of benzene rings is 3. The van der Waals surface area contributed by atoms with E-state index in [9.17, 15) is 18.7 Å². The van der Waals surface area contributed by atoms with Crippen LogP contribution < -0.4 is 15.4 Å². The normalized spacial score (nSPS) is 11.2. The number of nitrogens with one attached hydrogen (secondary N) is 3. The number of rotatable bonds is 10. The Bertz CT molecular complexity index is 1480. The van der Waals surface area contributed by atoms with Crippen LogP contribution in [0.25, 0.3) is 0 Å². The lowest BCUT2D eigenvalue weighted by Crippen LogP contribution is -2.25. The van der Waals surface area contributed by atoms with Gasteiger partial charge in [-0.3, -0.25) is 19.3 Å². The fourth-order valence-electron chi connectivity index (χ4n) is 3.45. The number of anilines is 2. The van der Waals surface area contributed by atoms with Crippen LogP contribution in [0.4, 0.5) is 17.1 Å². The first-order valence-electron chi connectivity index (χ1n) is 11.4. The van der Waals surface area contributed by atoms with E-state index in [1.54, 1.807) is 72.9 Å². The number of carbonyl (C=O) groups is 2. The van der Waals surface area contributed by atoms with Gasteiger partial charge in [-0.25, -0.2) is 9.05 Å². The van der Waals surface area contributed by atoms with Gasteiger partial charge in [-0.2, -0.15) is 0 Å². The van der Waals surface area contributed by atoms with Gasteiger partial charge < -0.3 is 10.6 Å². The van der Waals surface area contributed by atoms with Gasteiger partial charge in [0.2, 0.25) is 0 Å². The number of hydrogen-bond donors (Lipinski definition) is 3. The molecule has 1 unspecified atom stereocenters. The highest BCUT2D eigenvalue weighted by atomic mass is 32.2. The lowest BCUT2D eigenvalue weighted by Gasteiger charge is -2.10. The van der Waals surface area contributed by atoms with E-state index in [0.29, 0.717) is 27.7 Å². The summed E-state index contributed by atoms with van der Waals surface area (Å²) in [6.45, 7) is 0.362. The van der Waals surface area contributed by atoms with Gasteiger partial charge in [-0.1, -0.05) is 30.3 Å². The number of nitrogens with zero attached hydrogens (tertiary/aromatic N) is 2. The maximum Gasteiger partial charge on any atom is 0.340 e. The largest absolute Gasteiger partial charge is 0.374 e. The van der Waals surface area contributed by atoms with Crippen molar-refractivity contribution in [2.45, 2.75) is 11.4 Å². The molecule has 4 aromatic rings. The first-order chi connectivity index (χ1) is 18.4. The summed E-state index contributed by atoms with van der Waals surface area (Å²) in [6, 6.07) is 24.8. The molecule has 3 N–H and O–H groups in total. The van der Waals surface area contributed by atoms with Crippen LogP contribution in [0.15, 0.2) is 102 Å². The average Bonchev–Trinajstić information content (AvgIpc) is 2.96. The van der Waals surface area contributed by atoms with E-state index in [1.807, 2.05) is 12.1 Å². The molecular weight excluding hydrogens is 506 g/mol. The summed E-state index contributed by atoms with van der Waals surface area (Å²) in [5.74, 6) is -1.06. The summed E-state index contributed by atoms with van der Waals surface area (Å²) in [7, 11) is -0.503. The summed E-state index contributed by atoms with van der Waals surface area (Å²) < 4.78 is 14.8. The number of pyridine rings is 1. The van der Waals surface area contributed by atoms with E-state index < -0.39 is 22.8 Å². The Morgan fingerprint density at radius 2 is 1.66 bits per heavy atom. The quantitative estimate of drug-likeness (QED) is 0.260. The van der Waals surface area contributed by atoms with Crippen LogP contribution in [-0.4, -0.2) is 33.0 Å². The molecule has 1 heterocycles. The molecule has 0 fully saturated rings. The van der Waals surface area contributed by atoms with Crippen LogP contribution >= 0.6 is 0 Å². The second-order valence-electron chi connectivity index (χ2n) is 7.89. The standard InChI is InChI=1S/C27H23N5O5S/c1-37-32(35)25-17-20(13-14-24(25)29-18-22-9-5-6-15-28-22)26(33)30-21-10-7-8-19(16-21)27(34)31-38(36)23-11-3-2-4-12-23/h2-17H,18H2,1H3,(H2-,29,30,31,33,34,35)/p+1. The third-order valence-electron chi connectivity index (χ3n) is 5.33. The molecule has 0 aliphatic carbocycles. The van der Waals surface area contributed by atoms with Crippen molar-refractivity contribution in [3.63, 3.8) is 0 Å². The highest BCUT2D eigenvalue weighted by Crippen LogP contribution is 2.27. The molecule has 0 aliphatic rings. The van der Waals surface area contributed by atoms with Gasteiger partial charge in [-0.05, 0) is 54.6 Å². The van der Waals surface area contributed by atoms with Crippen molar-refractivity contribution in [2.75, 3.05) is 17.7 Å². The van der Waals surface area contributed by atoms with E-state index in [4.69, 9.17) is 4.84 Å². The zero-order valence-electron chi connectivity index (χ0n) is 20.3. The minimum absolute atomic E-state index is 0.104. The van der Waals surface area contributed by atoms with E-state index in [2.05, 4.69) is 20.3 Å². The van der Waals surface area contributed by atoms with Gasteiger partial charge in [0, 0.05) is 29.1 Å². The molecule has 10 nitrogen and oxygen atoms in total. The number of hydrogen-bond acceptors (Lipinski definition) is 7. The van der Waals surface area contributed by atoms with Crippen LogP contribution in [-0.2, 0) is 22.4 Å². The number of carbonyl (C=O) groups excluding carboxylic acids is 2. The number of amides is 2. The van der Waals surface area contributed by atoms with Crippen LogP contribution in [0.2, 0.25) is 0 Å². The molecule has 2 amide bonds. The Hall–Kier alpha value is -4.90. The first kappa shape index (κ1) is 26.2. The topological polar surface area (TPSA) is 130 Å². The molecule has 38 heavy (non-hydrogen) atoms. The van der Waals surface area contributed by atoms with Crippen LogP contribution in [0.5, 0.6) is 0 Å². The van der Waals surface area contributed by atoms with Crippen molar-refractivity contribution in [2.24, 2.45) is 0 Å². The van der Waals surface area contributed by atoms with Crippen LogP contribution in [0.3, 0.4) is 0 Å². The third-order valence-corrected chi connectivity index (χ3v) is 6.40. The molecule has 4 rings (SSSR count). The molecule has 0 bridgehead atoms. The van der Waals surface area contributed by atoms with Crippen molar-refractivity contribution >= 4 is 39.9 Å². The zero-order valence-corrected chi connectivity index (χ0v) is 21.1. The van der Waals surface area contributed by atoms with Crippen molar-refractivity contribution in [1.82, 2.24) is 9.71 Å². The van der Waals surface area contributed by atoms with Gasteiger partial charge in [0.1, 0.15) is 5.69 Å². The zero-order chi connectivity index (χ0) is 26.9. The Morgan fingerprint density at radius 1 is 0.895 bits per heavy atom. The predicted molar refractivity (Wildman–Crippen MR) is 143 cm³/mol. The molecule has 11 heteroatoms. The summed E-state index contributed by atoms with van der Waals surface area (Å²) >= 11 is 0. The molecule has 0 radical (unpaired) electrons. The van der Waals surface area contributed by atoms with Gasteiger partial charge in [0.15, 0.2) is 18.1 Å². The highest BCUT2D eigenvalue weighted by Gasteiger charge is 2.23. The Labute approximate surface area is 221 Å².